The zero-order valence-electron chi connectivity index (χ0n) is 19.7. The van der Waals surface area contributed by atoms with E-state index in [2.05, 4.69) is 0 Å². The van der Waals surface area contributed by atoms with E-state index in [4.69, 9.17) is 4.74 Å². The van der Waals surface area contributed by atoms with Crippen LogP contribution in [0.5, 0.6) is 5.75 Å². The third-order valence-corrected chi connectivity index (χ3v) is 6.21. The Hall–Kier alpha value is -3.67. The second-order valence-corrected chi connectivity index (χ2v) is 8.72. The van der Waals surface area contributed by atoms with Gasteiger partial charge >= 0.3 is 0 Å². The molecule has 0 radical (unpaired) electrons. The quantitative estimate of drug-likeness (QED) is 0.534. The topological polar surface area (TPSA) is 49.9 Å². The Morgan fingerprint density at radius 2 is 1.85 bits per heavy atom. The van der Waals surface area contributed by atoms with E-state index < -0.39 is 12.1 Å². The first kappa shape index (κ1) is 23.5. The largest absolute Gasteiger partial charge is 0.481 e. The van der Waals surface area contributed by atoms with Gasteiger partial charge in [-0.3, -0.25) is 9.59 Å². The molecule has 1 heterocycles. The van der Waals surface area contributed by atoms with Gasteiger partial charge in [-0.15, -0.1) is 0 Å². The Labute approximate surface area is 199 Å². The molecule has 2 atom stereocenters. The van der Waals surface area contributed by atoms with Crippen molar-refractivity contribution in [3.63, 3.8) is 0 Å². The Morgan fingerprint density at radius 3 is 2.56 bits per heavy atom. The number of hydrogen-bond donors (Lipinski definition) is 0. The van der Waals surface area contributed by atoms with Gasteiger partial charge in [-0.05, 0) is 59.9 Å². The molecule has 1 aliphatic heterocycles. The highest BCUT2D eigenvalue weighted by atomic mass is 19.1. The molecule has 0 N–H and O–H groups in total. The van der Waals surface area contributed by atoms with Gasteiger partial charge in [0.2, 0.25) is 5.91 Å². The van der Waals surface area contributed by atoms with Crippen molar-refractivity contribution in [3.8, 4) is 5.75 Å². The number of fused-ring (bicyclic) bond motifs is 1. The van der Waals surface area contributed by atoms with E-state index in [0.717, 1.165) is 16.7 Å². The number of hydrogen-bond acceptors (Lipinski definition) is 3. The van der Waals surface area contributed by atoms with Gasteiger partial charge in [0.05, 0.1) is 6.04 Å². The Balaban J connectivity index is 1.57. The summed E-state index contributed by atoms with van der Waals surface area (Å²) in [6.07, 6.45) is 0.0156. The molecule has 0 aliphatic carbocycles. The summed E-state index contributed by atoms with van der Waals surface area (Å²) in [5.41, 5.74) is 3.72. The molecule has 6 heteroatoms. The van der Waals surface area contributed by atoms with Crippen molar-refractivity contribution in [2.75, 3.05) is 13.6 Å². The molecule has 4 rings (SSSR count). The van der Waals surface area contributed by atoms with Crippen molar-refractivity contribution in [2.45, 2.75) is 39.0 Å². The Morgan fingerprint density at radius 1 is 1.09 bits per heavy atom. The molecule has 0 saturated carbocycles. The number of halogens is 1. The fourth-order valence-corrected chi connectivity index (χ4v) is 4.54. The van der Waals surface area contributed by atoms with Crippen LogP contribution in [0.15, 0.2) is 72.8 Å². The third kappa shape index (κ3) is 5.11. The standard InChI is InChI=1S/C28H29FN2O3/c1-19(28(33)30(3)18-21-8-5-4-6-9-21)34-25-13-12-22-14-15-31(20(2)32)27(26(22)17-25)23-10-7-11-24(29)16-23/h4-13,16-17,19,27H,14-15,18H2,1-3H3. The van der Waals surface area contributed by atoms with Crippen molar-refractivity contribution in [3.05, 3.63) is 101 Å². The van der Waals surface area contributed by atoms with Gasteiger partial charge in [0.25, 0.3) is 5.91 Å². The molecule has 0 saturated heterocycles. The lowest BCUT2D eigenvalue weighted by molar-refractivity contribution is -0.137. The van der Waals surface area contributed by atoms with Gasteiger partial charge in [-0.1, -0.05) is 48.5 Å². The summed E-state index contributed by atoms with van der Waals surface area (Å²) in [5, 5.41) is 0. The molecule has 176 valence electrons. The molecular weight excluding hydrogens is 431 g/mol. The number of amides is 2. The van der Waals surface area contributed by atoms with E-state index in [-0.39, 0.29) is 17.6 Å². The smallest absolute Gasteiger partial charge is 0.263 e. The van der Waals surface area contributed by atoms with E-state index in [1.807, 2.05) is 54.6 Å². The van der Waals surface area contributed by atoms with Gasteiger partial charge in [0.15, 0.2) is 6.10 Å². The lowest BCUT2D eigenvalue weighted by Gasteiger charge is -2.37. The molecule has 3 aromatic rings. The highest BCUT2D eigenvalue weighted by molar-refractivity contribution is 5.80. The lowest BCUT2D eigenvalue weighted by atomic mass is 9.88. The summed E-state index contributed by atoms with van der Waals surface area (Å²) in [5.74, 6) is -0.00773. The molecule has 34 heavy (non-hydrogen) atoms. The molecule has 1 aliphatic rings. The second kappa shape index (κ2) is 10.1. The lowest BCUT2D eigenvalue weighted by Crippen LogP contribution is -2.39. The van der Waals surface area contributed by atoms with Crippen LogP contribution in [0.1, 0.15) is 42.1 Å². The fraction of sp³-hybridized carbons (Fsp3) is 0.286. The van der Waals surface area contributed by atoms with E-state index in [1.165, 1.54) is 19.1 Å². The molecular formula is C28H29FN2O3. The average molecular weight is 461 g/mol. The number of carbonyl (C=O) groups excluding carboxylic acids is 2. The maximum absolute atomic E-state index is 14.0. The first-order valence-corrected chi connectivity index (χ1v) is 11.4. The van der Waals surface area contributed by atoms with Crippen LogP contribution in [0, 0.1) is 5.82 Å². The average Bonchev–Trinajstić information content (AvgIpc) is 2.83. The summed E-state index contributed by atoms with van der Waals surface area (Å²) < 4.78 is 20.1. The third-order valence-electron chi connectivity index (χ3n) is 6.21. The van der Waals surface area contributed by atoms with Crippen LogP contribution in [-0.4, -0.2) is 41.3 Å². The van der Waals surface area contributed by atoms with Gasteiger partial charge in [-0.25, -0.2) is 4.39 Å². The van der Waals surface area contributed by atoms with E-state index in [1.54, 1.807) is 29.8 Å². The molecule has 2 amide bonds. The van der Waals surface area contributed by atoms with E-state index in [9.17, 15) is 14.0 Å². The number of rotatable bonds is 6. The molecule has 0 bridgehead atoms. The molecule has 0 aromatic heterocycles. The molecule has 2 unspecified atom stereocenters. The predicted molar refractivity (Wildman–Crippen MR) is 129 cm³/mol. The SMILES string of the molecule is CC(=O)N1CCc2ccc(OC(C)C(=O)N(C)Cc3ccccc3)cc2C1c1cccc(F)c1. The summed E-state index contributed by atoms with van der Waals surface area (Å²) in [7, 11) is 1.76. The number of ether oxygens (including phenoxy) is 1. The van der Waals surface area contributed by atoms with Crippen LogP contribution in [0.3, 0.4) is 0 Å². The molecule has 5 nitrogen and oxygen atoms in total. The second-order valence-electron chi connectivity index (χ2n) is 8.72. The van der Waals surface area contributed by atoms with Gasteiger partial charge in [-0.2, -0.15) is 0 Å². The number of benzene rings is 3. The molecule has 3 aromatic carbocycles. The first-order valence-electron chi connectivity index (χ1n) is 11.4. The minimum Gasteiger partial charge on any atom is -0.481 e. The van der Waals surface area contributed by atoms with E-state index in [0.29, 0.717) is 30.8 Å². The minimum absolute atomic E-state index is 0.0719. The summed E-state index contributed by atoms with van der Waals surface area (Å²) >= 11 is 0. The van der Waals surface area contributed by atoms with Gasteiger partial charge in [0, 0.05) is 27.1 Å². The highest BCUT2D eigenvalue weighted by Crippen LogP contribution is 2.37. The van der Waals surface area contributed by atoms with E-state index >= 15 is 0 Å². The first-order chi connectivity index (χ1) is 16.3. The maximum Gasteiger partial charge on any atom is 0.263 e. The van der Waals surface area contributed by atoms with Gasteiger partial charge < -0.3 is 14.5 Å². The minimum atomic E-state index is -0.688. The van der Waals surface area contributed by atoms with Crippen LogP contribution in [0.2, 0.25) is 0 Å². The number of likely N-dealkylation sites (N-methyl/N-ethyl adjacent to an activating group) is 1. The summed E-state index contributed by atoms with van der Waals surface area (Å²) in [6.45, 7) is 4.31. The van der Waals surface area contributed by atoms with Crippen LogP contribution < -0.4 is 4.74 Å². The van der Waals surface area contributed by atoms with Crippen molar-refractivity contribution < 1.29 is 18.7 Å². The molecule has 0 fully saturated rings. The maximum atomic E-state index is 14.0. The van der Waals surface area contributed by atoms with Crippen molar-refractivity contribution in [1.29, 1.82) is 0 Å². The predicted octanol–water partition coefficient (Wildman–Crippen LogP) is 4.75. The molecule has 0 spiro atoms. The number of nitrogens with zero attached hydrogens (tertiary/aromatic N) is 2. The Kier molecular flexibility index (Phi) is 6.96. The number of carbonyl (C=O) groups is 2. The zero-order chi connectivity index (χ0) is 24.2. The summed E-state index contributed by atoms with van der Waals surface area (Å²) in [6, 6.07) is 21.4. The normalized spacial score (nSPS) is 15.9. The van der Waals surface area contributed by atoms with Crippen LogP contribution in [-0.2, 0) is 22.6 Å². The van der Waals surface area contributed by atoms with Gasteiger partial charge in [0.1, 0.15) is 11.6 Å². The highest BCUT2D eigenvalue weighted by Gasteiger charge is 2.31. The Bertz CT molecular complexity index is 1180. The van der Waals surface area contributed by atoms with Crippen molar-refractivity contribution in [2.24, 2.45) is 0 Å². The van der Waals surface area contributed by atoms with Crippen molar-refractivity contribution >= 4 is 11.8 Å². The monoisotopic (exact) mass is 460 g/mol. The van der Waals surface area contributed by atoms with Crippen LogP contribution in [0.4, 0.5) is 4.39 Å². The fourth-order valence-electron chi connectivity index (χ4n) is 4.54. The van der Waals surface area contributed by atoms with Crippen molar-refractivity contribution in [1.82, 2.24) is 9.80 Å². The van der Waals surface area contributed by atoms with Crippen LogP contribution in [0.25, 0.3) is 0 Å². The van der Waals surface area contributed by atoms with Crippen LogP contribution >= 0.6 is 0 Å². The summed E-state index contributed by atoms with van der Waals surface area (Å²) in [4.78, 5) is 28.7. The zero-order valence-corrected chi connectivity index (χ0v) is 19.7.